The van der Waals surface area contributed by atoms with Crippen LogP contribution in [0, 0.1) is 0 Å². The second-order valence-electron chi connectivity index (χ2n) is 6.64. The number of methoxy groups -OCH3 is 1. The second kappa shape index (κ2) is 6.60. The van der Waals surface area contributed by atoms with Crippen molar-refractivity contribution in [2.75, 3.05) is 19.0 Å². The van der Waals surface area contributed by atoms with Crippen LogP contribution in [0.25, 0.3) is 0 Å². The van der Waals surface area contributed by atoms with E-state index in [1.807, 2.05) is 35.2 Å². The predicted molar refractivity (Wildman–Crippen MR) is 99.1 cm³/mol. The summed E-state index contributed by atoms with van der Waals surface area (Å²) in [5.41, 5.74) is 3.37. The first-order chi connectivity index (χ1) is 12.2. The Kier molecular flexibility index (Phi) is 4.30. The van der Waals surface area contributed by atoms with Gasteiger partial charge in [-0.3, -0.25) is 4.79 Å². The molecule has 0 radical (unpaired) electrons. The van der Waals surface area contributed by atoms with Crippen LogP contribution in [-0.2, 0) is 4.79 Å². The molecule has 2 aromatic carbocycles. The molecule has 4 nitrogen and oxygen atoms in total. The Morgan fingerprint density at radius 2 is 2.00 bits per heavy atom. The Morgan fingerprint density at radius 3 is 2.68 bits per heavy atom. The number of ether oxygens (including phenoxy) is 1. The molecule has 2 atom stereocenters. The van der Waals surface area contributed by atoms with Gasteiger partial charge in [-0.15, -0.1) is 0 Å². The Labute approximate surface area is 152 Å². The van der Waals surface area contributed by atoms with Crippen molar-refractivity contribution in [3.8, 4) is 5.75 Å². The zero-order chi connectivity index (χ0) is 17.4. The minimum Gasteiger partial charge on any atom is -0.497 e. The molecule has 1 N–H and O–H groups in total. The van der Waals surface area contributed by atoms with Crippen LogP contribution in [0.3, 0.4) is 0 Å². The zero-order valence-corrected chi connectivity index (χ0v) is 14.9. The van der Waals surface area contributed by atoms with E-state index in [1.54, 1.807) is 7.11 Å². The number of carbonyl (C=O) groups excluding carboxylic acids is 1. The third-order valence-electron chi connectivity index (χ3n) is 5.17. The molecular formula is C20H21ClN2O2. The van der Waals surface area contributed by atoms with E-state index >= 15 is 0 Å². The molecule has 2 heterocycles. The van der Waals surface area contributed by atoms with Gasteiger partial charge < -0.3 is 15.0 Å². The molecule has 2 aliphatic heterocycles. The second-order valence-corrected chi connectivity index (χ2v) is 7.08. The topological polar surface area (TPSA) is 41.6 Å². The number of likely N-dealkylation sites (tertiary alicyclic amines) is 1. The van der Waals surface area contributed by atoms with Gasteiger partial charge in [0.05, 0.1) is 19.2 Å². The highest BCUT2D eigenvalue weighted by Gasteiger charge is 2.35. The summed E-state index contributed by atoms with van der Waals surface area (Å²) in [6.45, 7) is 0.824. The lowest BCUT2D eigenvalue weighted by molar-refractivity contribution is -0.130. The van der Waals surface area contributed by atoms with Crippen molar-refractivity contribution in [1.82, 2.24) is 4.90 Å². The predicted octanol–water partition coefficient (Wildman–Crippen LogP) is 4.57. The molecule has 2 aromatic rings. The van der Waals surface area contributed by atoms with Crippen LogP contribution in [0.1, 0.15) is 42.5 Å². The highest BCUT2D eigenvalue weighted by Crippen LogP contribution is 2.44. The quantitative estimate of drug-likeness (QED) is 0.875. The summed E-state index contributed by atoms with van der Waals surface area (Å²) in [5, 5.41) is 4.32. The van der Waals surface area contributed by atoms with E-state index in [-0.39, 0.29) is 18.0 Å². The summed E-state index contributed by atoms with van der Waals surface area (Å²) in [7, 11) is 1.67. The molecule has 0 saturated carbocycles. The maximum Gasteiger partial charge on any atom is 0.223 e. The number of rotatable bonds is 3. The number of benzene rings is 2. The van der Waals surface area contributed by atoms with E-state index in [9.17, 15) is 4.79 Å². The van der Waals surface area contributed by atoms with Crippen LogP contribution >= 0.6 is 11.6 Å². The van der Waals surface area contributed by atoms with E-state index in [1.165, 1.54) is 5.56 Å². The minimum atomic E-state index is 0.0667. The van der Waals surface area contributed by atoms with Gasteiger partial charge in [-0.25, -0.2) is 0 Å². The molecule has 130 valence electrons. The highest BCUT2D eigenvalue weighted by atomic mass is 35.5. The average Bonchev–Trinajstić information content (AvgIpc) is 3.07. The van der Waals surface area contributed by atoms with Crippen molar-refractivity contribution in [2.45, 2.75) is 31.3 Å². The van der Waals surface area contributed by atoms with E-state index in [0.717, 1.165) is 36.4 Å². The van der Waals surface area contributed by atoms with Gasteiger partial charge in [-0.2, -0.15) is 0 Å². The van der Waals surface area contributed by atoms with Crippen LogP contribution in [0.5, 0.6) is 5.75 Å². The minimum absolute atomic E-state index is 0.0667. The Morgan fingerprint density at radius 1 is 1.20 bits per heavy atom. The van der Waals surface area contributed by atoms with Crippen molar-refractivity contribution in [1.29, 1.82) is 0 Å². The summed E-state index contributed by atoms with van der Waals surface area (Å²) in [6.07, 6.45) is 2.42. The molecule has 2 aliphatic rings. The molecule has 0 aliphatic carbocycles. The molecule has 1 amide bonds. The van der Waals surface area contributed by atoms with Gasteiger partial charge in [0.15, 0.2) is 0 Å². The number of nitrogens with zero attached hydrogens (tertiary/aromatic N) is 1. The first kappa shape index (κ1) is 16.3. The summed E-state index contributed by atoms with van der Waals surface area (Å²) in [5.74, 6) is 1.09. The number of hydrogen-bond acceptors (Lipinski definition) is 3. The first-order valence-corrected chi connectivity index (χ1v) is 9.03. The van der Waals surface area contributed by atoms with Gasteiger partial charge in [0.2, 0.25) is 5.91 Å². The van der Waals surface area contributed by atoms with Gasteiger partial charge in [0.25, 0.3) is 0 Å². The van der Waals surface area contributed by atoms with E-state index in [0.29, 0.717) is 11.4 Å². The smallest absolute Gasteiger partial charge is 0.223 e. The first-order valence-electron chi connectivity index (χ1n) is 8.65. The Bertz CT molecular complexity index is 791. The molecule has 4 rings (SSSR count). The van der Waals surface area contributed by atoms with E-state index in [2.05, 4.69) is 17.4 Å². The van der Waals surface area contributed by atoms with E-state index in [4.69, 9.17) is 16.3 Å². The number of nitrogens with one attached hydrogen (secondary N) is 1. The van der Waals surface area contributed by atoms with Crippen LogP contribution < -0.4 is 10.1 Å². The maximum absolute atomic E-state index is 12.4. The summed E-state index contributed by atoms with van der Waals surface area (Å²) >= 11 is 6.23. The van der Waals surface area contributed by atoms with Crippen LogP contribution in [0.2, 0.25) is 5.02 Å². The maximum atomic E-state index is 12.4. The molecule has 2 unspecified atom stereocenters. The number of carbonyl (C=O) groups is 1. The number of fused-ring (bicyclic) bond motifs is 1. The van der Waals surface area contributed by atoms with Crippen LogP contribution in [-0.4, -0.2) is 24.5 Å². The highest BCUT2D eigenvalue weighted by molar-refractivity contribution is 6.30. The normalized spacial score (nSPS) is 22.5. The summed E-state index contributed by atoms with van der Waals surface area (Å²) in [4.78, 5) is 14.4. The summed E-state index contributed by atoms with van der Waals surface area (Å²) < 4.78 is 5.25. The van der Waals surface area contributed by atoms with Crippen molar-refractivity contribution < 1.29 is 9.53 Å². The van der Waals surface area contributed by atoms with Crippen LogP contribution in [0.4, 0.5) is 5.69 Å². The van der Waals surface area contributed by atoms with E-state index < -0.39 is 0 Å². The Hall–Kier alpha value is -2.20. The molecule has 1 saturated heterocycles. The number of amides is 1. The number of anilines is 1. The lowest BCUT2D eigenvalue weighted by atomic mass is 9.88. The monoisotopic (exact) mass is 356 g/mol. The Balaban J connectivity index is 1.70. The van der Waals surface area contributed by atoms with Crippen molar-refractivity contribution in [3.63, 3.8) is 0 Å². The van der Waals surface area contributed by atoms with Crippen LogP contribution in [0.15, 0.2) is 42.5 Å². The molecular weight excluding hydrogens is 336 g/mol. The fraction of sp³-hybridized carbons (Fsp3) is 0.350. The van der Waals surface area contributed by atoms with Crippen molar-refractivity contribution in [2.24, 2.45) is 0 Å². The number of halogens is 1. The third-order valence-corrected chi connectivity index (χ3v) is 5.40. The zero-order valence-electron chi connectivity index (χ0n) is 14.2. The van der Waals surface area contributed by atoms with Gasteiger partial charge in [-0.1, -0.05) is 23.7 Å². The SMILES string of the molecule is COc1ccc(C2CC(N3CCCC3=O)c3cc(Cl)ccc3N2)cc1. The summed E-state index contributed by atoms with van der Waals surface area (Å²) in [6, 6.07) is 14.2. The lowest BCUT2D eigenvalue weighted by Gasteiger charge is -2.38. The lowest BCUT2D eigenvalue weighted by Crippen LogP contribution is -2.35. The van der Waals surface area contributed by atoms with Gasteiger partial charge in [0, 0.05) is 23.7 Å². The standard InChI is InChI=1S/C20H21ClN2O2/c1-25-15-7-4-13(5-8-15)18-12-19(23-10-2-3-20(23)24)16-11-14(21)6-9-17(16)22-18/h4-9,11,18-19,22H,2-3,10,12H2,1H3. The molecule has 0 aromatic heterocycles. The van der Waals surface area contributed by atoms with Gasteiger partial charge >= 0.3 is 0 Å². The molecule has 0 bridgehead atoms. The van der Waals surface area contributed by atoms with Crippen molar-refractivity contribution in [3.05, 3.63) is 58.6 Å². The average molecular weight is 357 g/mol. The fourth-order valence-corrected chi connectivity index (χ4v) is 4.07. The third kappa shape index (κ3) is 3.07. The fourth-order valence-electron chi connectivity index (χ4n) is 3.89. The molecule has 5 heteroatoms. The molecule has 0 spiro atoms. The van der Waals surface area contributed by atoms with Gasteiger partial charge in [0.1, 0.15) is 5.75 Å². The molecule has 1 fully saturated rings. The molecule has 25 heavy (non-hydrogen) atoms. The van der Waals surface area contributed by atoms with Crippen molar-refractivity contribution >= 4 is 23.2 Å². The largest absolute Gasteiger partial charge is 0.497 e. The number of hydrogen-bond donors (Lipinski definition) is 1. The van der Waals surface area contributed by atoms with Gasteiger partial charge in [-0.05, 0) is 54.3 Å².